The summed E-state index contributed by atoms with van der Waals surface area (Å²) >= 11 is 0. The molecule has 1 unspecified atom stereocenters. The lowest BCUT2D eigenvalue weighted by molar-refractivity contribution is -0.0589. The zero-order valence-electron chi connectivity index (χ0n) is 23.6. The highest BCUT2D eigenvalue weighted by Crippen LogP contribution is 2.29. The summed E-state index contributed by atoms with van der Waals surface area (Å²) in [7, 11) is 1.31. The SMILES string of the molecule is COC(=O)c1ccc2nc(Cc3cc(F)c(-c4cccc(OCc5ccc(C)cc5F)n4)cc3F)n(CC3CCO3)c2c1. The summed E-state index contributed by atoms with van der Waals surface area (Å²) in [5, 5.41) is 0. The molecule has 220 valence electrons. The van der Waals surface area contributed by atoms with Gasteiger partial charge in [0.15, 0.2) is 0 Å². The van der Waals surface area contributed by atoms with E-state index >= 15 is 8.78 Å². The molecule has 1 aliphatic rings. The van der Waals surface area contributed by atoms with Gasteiger partial charge in [0.2, 0.25) is 5.88 Å². The maximum Gasteiger partial charge on any atom is 0.337 e. The van der Waals surface area contributed by atoms with Crippen molar-refractivity contribution in [2.45, 2.75) is 39.0 Å². The first-order chi connectivity index (χ1) is 20.8. The number of halogens is 3. The number of hydrogen-bond donors (Lipinski definition) is 0. The average molecular weight is 588 g/mol. The molecule has 43 heavy (non-hydrogen) atoms. The van der Waals surface area contributed by atoms with E-state index in [-0.39, 0.29) is 41.8 Å². The molecule has 0 amide bonds. The maximum absolute atomic E-state index is 15.5. The zero-order valence-corrected chi connectivity index (χ0v) is 23.6. The van der Waals surface area contributed by atoms with Crippen molar-refractivity contribution >= 4 is 17.0 Å². The van der Waals surface area contributed by atoms with Crippen LogP contribution in [0.3, 0.4) is 0 Å². The van der Waals surface area contributed by atoms with E-state index in [4.69, 9.17) is 14.2 Å². The number of methoxy groups -OCH3 is 1. The van der Waals surface area contributed by atoms with Crippen molar-refractivity contribution in [2.24, 2.45) is 0 Å². The zero-order chi connectivity index (χ0) is 30.1. The molecule has 0 saturated carbocycles. The van der Waals surface area contributed by atoms with Crippen molar-refractivity contribution in [3.05, 3.63) is 112 Å². The largest absolute Gasteiger partial charge is 0.473 e. The summed E-state index contributed by atoms with van der Waals surface area (Å²) in [6.45, 7) is 2.85. The fourth-order valence-corrected chi connectivity index (χ4v) is 5.04. The minimum absolute atomic E-state index is 0.0106. The lowest BCUT2D eigenvalue weighted by Gasteiger charge is -2.27. The second kappa shape index (κ2) is 11.9. The molecule has 10 heteroatoms. The molecule has 2 aromatic heterocycles. The van der Waals surface area contributed by atoms with Crippen molar-refractivity contribution in [1.82, 2.24) is 14.5 Å². The van der Waals surface area contributed by atoms with Crippen LogP contribution in [0, 0.1) is 24.4 Å². The number of aryl methyl sites for hydroxylation is 1. The van der Waals surface area contributed by atoms with Crippen LogP contribution < -0.4 is 4.74 Å². The highest BCUT2D eigenvalue weighted by Gasteiger charge is 2.24. The molecule has 0 bridgehead atoms. The Labute approximate surface area is 245 Å². The quantitative estimate of drug-likeness (QED) is 0.182. The molecule has 7 nitrogen and oxygen atoms in total. The number of carbonyl (C=O) groups is 1. The lowest BCUT2D eigenvalue weighted by Crippen LogP contribution is -2.31. The Morgan fingerprint density at radius 3 is 2.53 bits per heavy atom. The molecule has 0 radical (unpaired) electrons. The Bertz CT molecular complexity index is 1830. The van der Waals surface area contributed by atoms with Gasteiger partial charge in [-0.1, -0.05) is 18.2 Å². The van der Waals surface area contributed by atoms with E-state index in [0.717, 1.165) is 24.1 Å². The number of fused-ring (bicyclic) bond motifs is 1. The standard InChI is InChI=1S/C33H28F3N3O4/c1-19-6-7-21(25(34)12-19)18-43-32-5-3-4-28(38-32)24-16-26(35)22(13-27(24)36)15-31-37-29-9-8-20(33(40)41-2)14-30(29)39(31)17-23-10-11-42-23/h3-9,12-14,16,23H,10-11,15,17-18H2,1-2H3. The molecule has 1 fully saturated rings. The number of benzene rings is 3. The summed E-state index contributed by atoms with van der Waals surface area (Å²) in [4.78, 5) is 21.1. The van der Waals surface area contributed by atoms with Crippen LogP contribution in [0.2, 0.25) is 0 Å². The minimum Gasteiger partial charge on any atom is -0.473 e. The van der Waals surface area contributed by atoms with Crippen molar-refractivity contribution < 1.29 is 32.2 Å². The molecule has 0 aliphatic carbocycles. The summed E-state index contributed by atoms with van der Waals surface area (Å²) in [5.41, 5.74) is 3.06. The van der Waals surface area contributed by atoms with Gasteiger partial charge in [0.25, 0.3) is 0 Å². The van der Waals surface area contributed by atoms with E-state index in [1.54, 1.807) is 55.5 Å². The fraction of sp³-hybridized carbons (Fsp3) is 0.242. The Kier molecular flexibility index (Phi) is 7.86. The Morgan fingerprint density at radius 1 is 0.977 bits per heavy atom. The third-order valence-electron chi connectivity index (χ3n) is 7.50. The summed E-state index contributed by atoms with van der Waals surface area (Å²) in [5.74, 6) is -1.50. The van der Waals surface area contributed by atoms with Crippen LogP contribution in [0.15, 0.2) is 66.7 Å². The summed E-state index contributed by atoms with van der Waals surface area (Å²) < 4.78 is 63.2. The number of esters is 1. The third-order valence-corrected chi connectivity index (χ3v) is 7.50. The van der Waals surface area contributed by atoms with E-state index in [1.807, 2.05) is 4.57 Å². The summed E-state index contributed by atoms with van der Waals surface area (Å²) in [6.07, 6.45) is 0.838. The molecule has 6 rings (SSSR count). The number of carbonyl (C=O) groups excluding carboxylic acids is 1. The predicted molar refractivity (Wildman–Crippen MR) is 153 cm³/mol. The number of nitrogens with zero attached hydrogens (tertiary/aromatic N) is 3. The first kappa shape index (κ1) is 28.4. The number of hydrogen-bond acceptors (Lipinski definition) is 6. The first-order valence-electron chi connectivity index (χ1n) is 13.8. The van der Waals surface area contributed by atoms with Crippen LogP contribution in [-0.2, 0) is 29.0 Å². The molecule has 0 spiro atoms. The first-order valence-corrected chi connectivity index (χ1v) is 13.8. The number of imidazole rings is 1. The molecule has 1 saturated heterocycles. The van der Waals surface area contributed by atoms with Gasteiger partial charge in [-0.05, 0) is 66.9 Å². The molecular formula is C33H28F3N3O4. The Morgan fingerprint density at radius 2 is 1.79 bits per heavy atom. The van der Waals surface area contributed by atoms with E-state index in [0.29, 0.717) is 41.1 Å². The molecule has 1 atom stereocenters. The van der Waals surface area contributed by atoms with E-state index in [2.05, 4.69) is 9.97 Å². The van der Waals surface area contributed by atoms with Crippen LogP contribution in [0.1, 0.15) is 39.3 Å². The van der Waals surface area contributed by atoms with E-state index < -0.39 is 23.4 Å². The second-order valence-corrected chi connectivity index (χ2v) is 10.5. The number of pyridine rings is 1. The summed E-state index contributed by atoms with van der Waals surface area (Å²) in [6, 6.07) is 16.8. The second-order valence-electron chi connectivity index (χ2n) is 10.5. The Balaban J connectivity index is 1.27. The maximum atomic E-state index is 15.5. The van der Waals surface area contributed by atoms with Crippen LogP contribution >= 0.6 is 0 Å². The highest BCUT2D eigenvalue weighted by molar-refractivity contribution is 5.93. The smallest absolute Gasteiger partial charge is 0.337 e. The van der Waals surface area contributed by atoms with Gasteiger partial charge in [-0.2, -0.15) is 0 Å². The molecule has 1 aliphatic heterocycles. The molecule has 3 aromatic carbocycles. The Hall–Kier alpha value is -4.70. The monoisotopic (exact) mass is 587 g/mol. The van der Waals surface area contributed by atoms with E-state index in [1.165, 1.54) is 13.2 Å². The van der Waals surface area contributed by atoms with Crippen LogP contribution in [0.5, 0.6) is 5.88 Å². The van der Waals surface area contributed by atoms with Gasteiger partial charge in [0, 0.05) is 30.2 Å². The van der Waals surface area contributed by atoms with Crippen LogP contribution in [0.4, 0.5) is 13.2 Å². The number of rotatable bonds is 9. The van der Waals surface area contributed by atoms with Crippen molar-refractivity contribution in [2.75, 3.05) is 13.7 Å². The van der Waals surface area contributed by atoms with Crippen LogP contribution in [0.25, 0.3) is 22.3 Å². The van der Waals surface area contributed by atoms with Crippen molar-refractivity contribution in [3.63, 3.8) is 0 Å². The average Bonchev–Trinajstić information content (AvgIpc) is 3.31. The molecule has 3 heterocycles. The molecule has 0 N–H and O–H groups in total. The molecular weight excluding hydrogens is 559 g/mol. The van der Waals surface area contributed by atoms with Gasteiger partial charge in [-0.3, -0.25) is 0 Å². The van der Waals surface area contributed by atoms with Gasteiger partial charge in [0.1, 0.15) is 29.9 Å². The van der Waals surface area contributed by atoms with Gasteiger partial charge < -0.3 is 18.8 Å². The number of aromatic nitrogens is 3. The van der Waals surface area contributed by atoms with Gasteiger partial charge in [0.05, 0.1) is 42.0 Å². The topological polar surface area (TPSA) is 75.5 Å². The fourth-order valence-electron chi connectivity index (χ4n) is 5.04. The van der Waals surface area contributed by atoms with Crippen molar-refractivity contribution in [1.29, 1.82) is 0 Å². The third kappa shape index (κ3) is 5.96. The highest BCUT2D eigenvalue weighted by atomic mass is 19.1. The van der Waals surface area contributed by atoms with Crippen LogP contribution in [-0.4, -0.2) is 40.3 Å². The molecule has 5 aromatic rings. The van der Waals surface area contributed by atoms with Gasteiger partial charge in [-0.25, -0.2) is 27.9 Å². The lowest BCUT2D eigenvalue weighted by atomic mass is 10.0. The van der Waals surface area contributed by atoms with Gasteiger partial charge in [-0.15, -0.1) is 0 Å². The number of ether oxygens (including phenoxy) is 3. The minimum atomic E-state index is -0.663. The normalized spacial score (nSPS) is 14.5. The van der Waals surface area contributed by atoms with E-state index in [9.17, 15) is 9.18 Å². The van der Waals surface area contributed by atoms with Crippen molar-refractivity contribution in [3.8, 4) is 17.1 Å². The van der Waals surface area contributed by atoms with Gasteiger partial charge >= 0.3 is 5.97 Å². The predicted octanol–water partition coefficient (Wildman–Crippen LogP) is 6.57.